The molecular weight excluding hydrogens is 679 g/mol. The highest BCUT2D eigenvalue weighted by Crippen LogP contribution is 2.46. The van der Waals surface area contributed by atoms with Gasteiger partial charge in [-0.25, -0.2) is 0 Å². The number of nitrogens with zero attached hydrogens (tertiary/aromatic N) is 1. The Balaban J connectivity index is 1.19. The monoisotopic (exact) mass is 721 g/mol. The van der Waals surface area contributed by atoms with Crippen molar-refractivity contribution in [1.29, 1.82) is 0 Å². The number of anilines is 3. The minimum atomic E-state index is -0.410. The molecule has 0 saturated heterocycles. The van der Waals surface area contributed by atoms with Gasteiger partial charge in [-0.2, -0.15) is 0 Å². The van der Waals surface area contributed by atoms with Gasteiger partial charge < -0.3 is 9.32 Å². The number of hydrogen-bond acceptors (Lipinski definition) is 2. The fourth-order valence-electron chi connectivity index (χ4n) is 7.92. The van der Waals surface area contributed by atoms with Crippen LogP contribution in [0.25, 0.3) is 87.6 Å². The molecule has 0 aliphatic rings. The normalized spacial score (nSPS) is 13.6. The second kappa shape index (κ2) is 13.2. The molecule has 10 aromatic carbocycles. The molecule has 11 rings (SSSR count). The Morgan fingerprint density at radius 2 is 0.946 bits per heavy atom. The number of furan rings is 1. The van der Waals surface area contributed by atoms with E-state index in [9.17, 15) is 11.0 Å². The lowest BCUT2D eigenvalue weighted by Crippen LogP contribution is -2.11. The van der Waals surface area contributed by atoms with E-state index in [1.54, 1.807) is 36.4 Å². The average Bonchev–Trinajstić information content (AvgIpc) is 3.72. The lowest BCUT2D eigenvalue weighted by atomic mass is 9.95. The van der Waals surface area contributed by atoms with Crippen LogP contribution in [0.15, 0.2) is 217 Å². The standard InChI is InChI=1S/C54H35NO/c1-2-11-36(12-3-1)37-23-29-43(30-24-37)55(44-31-25-38(26-32-44)41-28-33-46-42(35-41)22-21-39-13-4-6-15-45(39)46)51-19-9-8-17-48(51)49-18-10-20-52-53(49)50-34-27-40-14-5-7-16-47(40)54(50)56-52/h1-35H/i23D,24D,25D,26D,29D,30D,31D,32D. The van der Waals surface area contributed by atoms with E-state index in [1.807, 2.05) is 127 Å². The topological polar surface area (TPSA) is 16.4 Å². The Morgan fingerprint density at radius 1 is 0.375 bits per heavy atom. The molecule has 11 aromatic rings. The molecule has 0 atom stereocenters. The van der Waals surface area contributed by atoms with E-state index in [-0.39, 0.29) is 46.7 Å². The predicted octanol–water partition coefficient (Wildman–Crippen LogP) is 15.5. The van der Waals surface area contributed by atoms with E-state index < -0.39 is 24.2 Å². The van der Waals surface area contributed by atoms with Crippen molar-refractivity contribution in [3.05, 3.63) is 212 Å². The van der Waals surface area contributed by atoms with Crippen LogP contribution in [-0.2, 0) is 0 Å². The molecule has 0 bridgehead atoms. The van der Waals surface area contributed by atoms with Gasteiger partial charge in [-0.15, -0.1) is 0 Å². The quantitative estimate of drug-likeness (QED) is 0.159. The molecule has 0 radical (unpaired) electrons. The Kier molecular flexibility index (Phi) is 5.83. The van der Waals surface area contributed by atoms with Gasteiger partial charge in [0.1, 0.15) is 11.2 Å². The summed E-state index contributed by atoms with van der Waals surface area (Å²) in [6.45, 7) is 0. The number of para-hydroxylation sites is 1. The third-order valence-electron chi connectivity index (χ3n) is 10.6. The molecule has 0 unspecified atom stereocenters. The van der Waals surface area contributed by atoms with Gasteiger partial charge >= 0.3 is 0 Å². The molecule has 1 aromatic heterocycles. The van der Waals surface area contributed by atoms with Crippen LogP contribution in [0.1, 0.15) is 11.0 Å². The first kappa shape index (κ1) is 24.8. The van der Waals surface area contributed by atoms with Gasteiger partial charge in [0.15, 0.2) is 0 Å². The Hall–Kier alpha value is -7.42. The summed E-state index contributed by atoms with van der Waals surface area (Å²) in [7, 11) is 0. The molecule has 0 spiro atoms. The van der Waals surface area contributed by atoms with Crippen LogP contribution in [0.4, 0.5) is 17.1 Å². The van der Waals surface area contributed by atoms with E-state index in [1.165, 1.54) is 4.90 Å². The Morgan fingerprint density at radius 3 is 1.73 bits per heavy atom. The van der Waals surface area contributed by atoms with Crippen molar-refractivity contribution in [1.82, 2.24) is 0 Å². The number of fused-ring (bicyclic) bond motifs is 8. The molecule has 0 aliphatic heterocycles. The van der Waals surface area contributed by atoms with Gasteiger partial charge in [0.05, 0.1) is 16.7 Å². The Labute approximate surface area is 336 Å². The predicted molar refractivity (Wildman–Crippen MR) is 237 cm³/mol. The van der Waals surface area contributed by atoms with E-state index in [4.69, 9.17) is 4.42 Å². The summed E-state index contributed by atoms with van der Waals surface area (Å²) in [5.41, 5.74) is 3.73. The summed E-state index contributed by atoms with van der Waals surface area (Å²) in [6, 6.07) is 48.6. The molecule has 262 valence electrons. The second-order valence-corrected chi connectivity index (χ2v) is 13.8. The van der Waals surface area contributed by atoms with Crippen molar-refractivity contribution >= 4 is 71.3 Å². The van der Waals surface area contributed by atoms with Crippen LogP contribution < -0.4 is 4.90 Å². The van der Waals surface area contributed by atoms with Crippen molar-refractivity contribution in [3.8, 4) is 33.4 Å². The van der Waals surface area contributed by atoms with Gasteiger partial charge in [0, 0.05) is 33.1 Å². The second-order valence-electron chi connectivity index (χ2n) is 13.8. The van der Waals surface area contributed by atoms with Gasteiger partial charge in [0.2, 0.25) is 0 Å². The molecule has 0 aliphatic carbocycles. The lowest BCUT2D eigenvalue weighted by molar-refractivity contribution is 0.673. The fraction of sp³-hybridized carbons (Fsp3) is 0. The minimum Gasteiger partial charge on any atom is -0.455 e. The first-order valence-electron chi connectivity index (χ1n) is 22.5. The molecule has 2 heteroatoms. The van der Waals surface area contributed by atoms with E-state index in [0.29, 0.717) is 33.5 Å². The zero-order chi connectivity index (χ0) is 44.0. The van der Waals surface area contributed by atoms with E-state index in [0.717, 1.165) is 48.7 Å². The van der Waals surface area contributed by atoms with Gasteiger partial charge in [-0.1, -0.05) is 164 Å². The first-order chi connectivity index (χ1) is 31.1. The lowest BCUT2D eigenvalue weighted by Gasteiger charge is -2.28. The summed E-state index contributed by atoms with van der Waals surface area (Å²) in [6.07, 6.45) is 0. The van der Waals surface area contributed by atoms with Gasteiger partial charge in [0.25, 0.3) is 0 Å². The van der Waals surface area contributed by atoms with Crippen molar-refractivity contribution in [3.63, 3.8) is 0 Å². The van der Waals surface area contributed by atoms with Crippen LogP contribution in [0.2, 0.25) is 0 Å². The largest absolute Gasteiger partial charge is 0.455 e. The summed E-state index contributed by atoms with van der Waals surface area (Å²) in [5.74, 6) is 0. The summed E-state index contributed by atoms with van der Waals surface area (Å²) in [5, 5.41) is 7.63. The zero-order valence-corrected chi connectivity index (χ0v) is 29.9. The van der Waals surface area contributed by atoms with Crippen molar-refractivity contribution in [2.24, 2.45) is 0 Å². The molecule has 0 fully saturated rings. The van der Waals surface area contributed by atoms with Crippen LogP contribution >= 0.6 is 0 Å². The van der Waals surface area contributed by atoms with E-state index in [2.05, 4.69) is 0 Å². The molecule has 1 heterocycles. The van der Waals surface area contributed by atoms with Crippen LogP contribution in [-0.4, -0.2) is 0 Å². The fourth-order valence-corrected chi connectivity index (χ4v) is 7.92. The molecule has 0 amide bonds. The van der Waals surface area contributed by atoms with Crippen LogP contribution in [0.3, 0.4) is 0 Å². The summed E-state index contributed by atoms with van der Waals surface area (Å²) < 4.78 is 83.1. The highest BCUT2D eigenvalue weighted by Gasteiger charge is 2.21. The first-order valence-corrected chi connectivity index (χ1v) is 18.5. The maximum Gasteiger partial charge on any atom is 0.143 e. The third kappa shape index (κ3) is 5.34. The zero-order valence-electron chi connectivity index (χ0n) is 37.9. The third-order valence-corrected chi connectivity index (χ3v) is 10.6. The van der Waals surface area contributed by atoms with Crippen LogP contribution in [0, 0.1) is 0 Å². The van der Waals surface area contributed by atoms with Crippen molar-refractivity contribution in [2.75, 3.05) is 4.90 Å². The van der Waals surface area contributed by atoms with Crippen LogP contribution in [0.5, 0.6) is 0 Å². The van der Waals surface area contributed by atoms with E-state index >= 15 is 0 Å². The smallest absolute Gasteiger partial charge is 0.143 e. The van der Waals surface area contributed by atoms with Gasteiger partial charge in [-0.05, 0) is 103 Å². The molecular formula is C54H35NO. The molecule has 2 nitrogen and oxygen atoms in total. The molecule has 0 saturated carbocycles. The number of hydrogen-bond donors (Lipinski definition) is 0. The number of rotatable bonds is 6. The minimum absolute atomic E-state index is 0.0999. The average molecular weight is 722 g/mol. The SMILES string of the molecule is [2H]c1c([2H])c(N(c2ccccc2-c2cccc3oc4c5ccccc5ccc4c23)c2c([2H])c([2H])c(-c3ccc4c(ccc5ccccc54)c3)c([2H])c2[2H])c([2H])c([2H])c1-c1ccccc1. The highest BCUT2D eigenvalue weighted by molar-refractivity contribution is 6.20. The molecule has 56 heavy (non-hydrogen) atoms. The summed E-state index contributed by atoms with van der Waals surface area (Å²) in [4.78, 5) is 1.39. The number of benzene rings is 10. The van der Waals surface area contributed by atoms with Gasteiger partial charge in [-0.3, -0.25) is 0 Å². The molecule has 0 N–H and O–H groups in total. The van der Waals surface area contributed by atoms with Crippen molar-refractivity contribution < 1.29 is 15.4 Å². The van der Waals surface area contributed by atoms with Crippen molar-refractivity contribution in [2.45, 2.75) is 0 Å². The highest BCUT2D eigenvalue weighted by atomic mass is 16.3. The summed E-state index contributed by atoms with van der Waals surface area (Å²) >= 11 is 0. The Bertz CT molecular complexity index is 3670. The maximum absolute atomic E-state index is 9.75. The maximum atomic E-state index is 9.75.